The van der Waals surface area contributed by atoms with Gasteiger partial charge in [0.15, 0.2) is 9.84 Å². The number of likely N-dealkylation sites (N-methyl/N-ethyl adjacent to an activating group) is 1. The molecule has 2 unspecified atom stereocenters. The van der Waals surface area contributed by atoms with Crippen molar-refractivity contribution in [2.75, 3.05) is 25.2 Å². The van der Waals surface area contributed by atoms with Gasteiger partial charge in [-0.15, -0.1) is 0 Å². The first kappa shape index (κ1) is 21.8. The summed E-state index contributed by atoms with van der Waals surface area (Å²) in [7, 11) is -1.56. The number of rotatable bonds is 6. The number of sulfone groups is 1. The topological polar surface area (TPSA) is 66.5 Å². The molecule has 0 aliphatic carbocycles. The molecule has 2 atom stereocenters. The van der Waals surface area contributed by atoms with Crippen molar-refractivity contribution in [2.45, 2.75) is 25.1 Å². The summed E-state index contributed by atoms with van der Waals surface area (Å²) < 4.78 is 23.3. The van der Waals surface area contributed by atoms with Gasteiger partial charge < -0.3 is 5.32 Å². The van der Waals surface area contributed by atoms with E-state index in [0.717, 1.165) is 6.26 Å². The summed E-state index contributed by atoms with van der Waals surface area (Å²) in [5.41, 5.74) is 0.123. The van der Waals surface area contributed by atoms with E-state index >= 15 is 0 Å². The van der Waals surface area contributed by atoms with Crippen LogP contribution in [0.2, 0.25) is 20.1 Å². The molecule has 10 heteroatoms. The Bertz CT molecular complexity index is 714. The van der Waals surface area contributed by atoms with Gasteiger partial charge in [0.1, 0.15) is 0 Å². The molecule has 0 saturated carbocycles. The molecule has 0 spiro atoms. The van der Waals surface area contributed by atoms with Gasteiger partial charge in [0, 0.05) is 12.3 Å². The molecule has 0 bridgehead atoms. The highest BCUT2D eigenvalue weighted by Gasteiger charge is 2.27. The van der Waals surface area contributed by atoms with Gasteiger partial charge >= 0.3 is 0 Å². The summed E-state index contributed by atoms with van der Waals surface area (Å²) in [5.74, 6) is -0.424. The Morgan fingerprint density at radius 3 is 2.04 bits per heavy atom. The molecule has 0 fully saturated rings. The van der Waals surface area contributed by atoms with Gasteiger partial charge in [0.05, 0.1) is 37.6 Å². The number of hydrogen-bond donors (Lipinski definition) is 1. The van der Waals surface area contributed by atoms with Crippen LogP contribution in [0.1, 0.15) is 13.8 Å². The van der Waals surface area contributed by atoms with Crippen LogP contribution in [0, 0.1) is 0 Å². The van der Waals surface area contributed by atoms with Crippen LogP contribution in [-0.4, -0.2) is 50.4 Å². The van der Waals surface area contributed by atoms with Crippen LogP contribution in [0.15, 0.2) is 6.07 Å². The number of hydrogen-bond acceptors (Lipinski definition) is 4. The number of benzene rings is 1. The van der Waals surface area contributed by atoms with Gasteiger partial charge in [-0.3, -0.25) is 9.69 Å². The molecule has 0 radical (unpaired) electrons. The Morgan fingerprint density at radius 2 is 1.62 bits per heavy atom. The zero-order valence-electron chi connectivity index (χ0n) is 13.5. The summed E-state index contributed by atoms with van der Waals surface area (Å²) in [4.78, 5) is 13.8. The first-order chi connectivity index (χ1) is 10.9. The lowest BCUT2D eigenvalue weighted by molar-refractivity contribution is -0.117. The molecule has 0 aliphatic rings. The van der Waals surface area contributed by atoms with Gasteiger partial charge in [-0.25, -0.2) is 8.42 Å². The maximum atomic E-state index is 12.2. The van der Waals surface area contributed by atoms with E-state index in [1.54, 1.807) is 25.8 Å². The highest BCUT2D eigenvalue weighted by atomic mass is 35.5. The van der Waals surface area contributed by atoms with E-state index in [-0.39, 0.29) is 38.4 Å². The lowest BCUT2D eigenvalue weighted by Crippen LogP contribution is -2.44. The molecule has 1 aromatic carbocycles. The molecule has 0 aliphatic heterocycles. The number of amides is 1. The molecule has 0 heterocycles. The van der Waals surface area contributed by atoms with Crippen molar-refractivity contribution >= 4 is 67.8 Å². The smallest absolute Gasteiger partial charge is 0.238 e. The number of anilines is 1. The molecule has 1 rings (SSSR count). The van der Waals surface area contributed by atoms with E-state index in [1.807, 2.05) is 0 Å². The molecule has 1 amide bonds. The summed E-state index contributed by atoms with van der Waals surface area (Å²) >= 11 is 23.9. The monoisotopic (exact) mass is 434 g/mol. The molecule has 1 N–H and O–H groups in total. The van der Waals surface area contributed by atoms with Crippen LogP contribution >= 0.6 is 46.4 Å². The van der Waals surface area contributed by atoms with E-state index in [2.05, 4.69) is 5.32 Å². The van der Waals surface area contributed by atoms with Gasteiger partial charge in [-0.2, -0.15) is 0 Å². The first-order valence-corrected chi connectivity index (χ1v) is 10.3. The molecule has 24 heavy (non-hydrogen) atoms. The Morgan fingerprint density at radius 1 is 1.17 bits per heavy atom. The van der Waals surface area contributed by atoms with Gasteiger partial charge in [-0.1, -0.05) is 46.4 Å². The van der Waals surface area contributed by atoms with Crippen molar-refractivity contribution in [1.82, 2.24) is 4.90 Å². The minimum absolute atomic E-state index is 0.0577. The highest BCUT2D eigenvalue weighted by molar-refractivity contribution is 7.91. The van der Waals surface area contributed by atoms with E-state index in [1.165, 1.54) is 6.07 Å². The molecular weight excluding hydrogens is 418 g/mol. The Labute approximate surface area is 162 Å². The number of halogens is 4. The van der Waals surface area contributed by atoms with E-state index in [0.29, 0.717) is 0 Å². The molecule has 1 aromatic rings. The summed E-state index contributed by atoms with van der Waals surface area (Å²) in [6.07, 6.45) is 1.16. The van der Waals surface area contributed by atoms with Crippen LogP contribution in [0.25, 0.3) is 0 Å². The van der Waals surface area contributed by atoms with Crippen LogP contribution in [0.5, 0.6) is 0 Å². The molecule has 0 saturated heterocycles. The molecule has 5 nitrogen and oxygen atoms in total. The SMILES string of the molecule is CC(C(C)S(C)(=O)=O)N(C)CC(=O)Nc1c(Cl)c(Cl)cc(Cl)c1Cl. The fraction of sp³-hybridized carbons (Fsp3) is 0.500. The zero-order chi connectivity index (χ0) is 18.8. The average molecular weight is 436 g/mol. The third-order valence-electron chi connectivity index (χ3n) is 3.82. The Hall–Kier alpha value is -0.240. The van der Waals surface area contributed by atoms with Crippen molar-refractivity contribution in [1.29, 1.82) is 0 Å². The predicted molar refractivity (Wildman–Crippen MR) is 102 cm³/mol. The second-order valence-electron chi connectivity index (χ2n) is 5.58. The normalized spacial score (nSPS) is 14.5. The third kappa shape index (κ3) is 5.38. The first-order valence-electron chi connectivity index (χ1n) is 6.88. The number of nitrogens with zero attached hydrogens (tertiary/aromatic N) is 1. The van der Waals surface area contributed by atoms with Crippen LogP contribution < -0.4 is 5.32 Å². The second kappa shape index (κ2) is 8.43. The quantitative estimate of drug-likeness (QED) is 0.686. The van der Waals surface area contributed by atoms with Crippen molar-refractivity contribution < 1.29 is 13.2 Å². The largest absolute Gasteiger partial charge is 0.322 e. The molecule has 0 aromatic heterocycles. The maximum Gasteiger partial charge on any atom is 0.238 e. The van der Waals surface area contributed by atoms with E-state index < -0.39 is 21.0 Å². The second-order valence-corrected chi connectivity index (χ2v) is 9.55. The van der Waals surface area contributed by atoms with E-state index in [4.69, 9.17) is 46.4 Å². The number of carbonyl (C=O) groups excluding carboxylic acids is 1. The van der Waals surface area contributed by atoms with Crippen molar-refractivity contribution in [3.63, 3.8) is 0 Å². The van der Waals surface area contributed by atoms with Crippen molar-refractivity contribution in [3.8, 4) is 0 Å². The molecule has 136 valence electrons. The highest BCUT2D eigenvalue weighted by Crippen LogP contribution is 2.40. The fourth-order valence-electron chi connectivity index (χ4n) is 1.95. The lowest BCUT2D eigenvalue weighted by Gasteiger charge is -2.28. The average Bonchev–Trinajstić information content (AvgIpc) is 2.47. The fourth-order valence-corrected chi connectivity index (χ4v) is 3.78. The van der Waals surface area contributed by atoms with E-state index in [9.17, 15) is 13.2 Å². The number of carbonyl (C=O) groups is 1. The van der Waals surface area contributed by atoms with Gasteiger partial charge in [0.25, 0.3) is 0 Å². The molecular formula is C14H18Cl4N2O3S. The minimum atomic E-state index is -3.22. The number of nitrogens with one attached hydrogen (secondary N) is 1. The third-order valence-corrected chi connectivity index (χ3v) is 7.14. The Balaban J connectivity index is 2.88. The van der Waals surface area contributed by atoms with Crippen LogP contribution in [0.3, 0.4) is 0 Å². The van der Waals surface area contributed by atoms with Crippen LogP contribution in [0.4, 0.5) is 5.69 Å². The lowest BCUT2D eigenvalue weighted by atomic mass is 10.2. The van der Waals surface area contributed by atoms with Crippen LogP contribution in [-0.2, 0) is 14.6 Å². The zero-order valence-corrected chi connectivity index (χ0v) is 17.4. The standard InChI is InChI=1S/C14H18Cl4N2O3S/c1-7(8(2)24(4,22)23)20(3)6-11(21)19-14-12(17)9(15)5-10(16)13(14)18/h5,7-8H,6H2,1-4H3,(H,19,21). The van der Waals surface area contributed by atoms with Crippen molar-refractivity contribution in [2.24, 2.45) is 0 Å². The van der Waals surface area contributed by atoms with Gasteiger partial charge in [0.2, 0.25) is 5.91 Å². The Kier molecular flexibility index (Phi) is 7.66. The summed E-state index contributed by atoms with van der Waals surface area (Å²) in [6.45, 7) is 3.27. The minimum Gasteiger partial charge on any atom is -0.322 e. The van der Waals surface area contributed by atoms with Crippen molar-refractivity contribution in [3.05, 3.63) is 26.2 Å². The summed E-state index contributed by atoms with van der Waals surface area (Å²) in [6, 6.07) is 1.02. The predicted octanol–water partition coefficient (Wildman–Crippen LogP) is 3.99. The van der Waals surface area contributed by atoms with Gasteiger partial charge in [-0.05, 0) is 27.0 Å². The maximum absolute atomic E-state index is 12.2. The summed E-state index contributed by atoms with van der Waals surface area (Å²) in [5, 5.41) is 2.43.